The topological polar surface area (TPSA) is 0 Å². The second-order valence-corrected chi connectivity index (χ2v) is 13.1. The molecule has 0 amide bonds. The van der Waals surface area contributed by atoms with Crippen LogP contribution in [0.25, 0.3) is 16.7 Å². The fourth-order valence-corrected chi connectivity index (χ4v) is 6.73. The van der Waals surface area contributed by atoms with Gasteiger partial charge in [0.25, 0.3) is 0 Å². The number of benzene rings is 3. The molecule has 0 N–H and O–H groups in total. The first kappa shape index (κ1) is 31.8. The van der Waals surface area contributed by atoms with Gasteiger partial charge < -0.3 is 0 Å². The largest absolute Gasteiger partial charge is 0.0961 e. The van der Waals surface area contributed by atoms with E-state index in [0.717, 1.165) is 29.2 Å². The van der Waals surface area contributed by atoms with Gasteiger partial charge in [-0.05, 0) is 116 Å². The Bertz CT molecular complexity index is 1280. The van der Waals surface area contributed by atoms with E-state index in [4.69, 9.17) is 0 Å². The number of aryl methyl sites for hydroxylation is 1. The second-order valence-electron chi connectivity index (χ2n) is 13.1. The van der Waals surface area contributed by atoms with Gasteiger partial charge in [0, 0.05) is 0 Å². The molecule has 0 saturated heterocycles. The van der Waals surface area contributed by atoms with Gasteiger partial charge in [-0.1, -0.05) is 142 Å². The van der Waals surface area contributed by atoms with Crippen molar-refractivity contribution in [2.75, 3.05) is 0 Å². The Kier molecular flexibility index (Phi) is 12.1. The van der Waals surface area contributed by atoms with Gasteiger partial charge in [0.1, 0.15) is 0 Å². The van der Waals surface area contributed by atoms with Crippen LogP contribution in [0.1, 0.15) is 120 Å². The second kappa shape index (κ2) is 15.9. The highest BCUT2D eigenvalue weighted by Crippen LogP contribution is 2.38. The lowest BCUT2D eigenvalue weighted by Crippen LogP contribution is -2.12. The predicted octanol–water partition coefficient (Wildman–Crippen LogP) is 12.9. The lowest BCUT2D eigenvalue weighted by molar-refractivity contribution is 0.319. The summed E-state index contributed by atoms with van der Waals surface area (Å²) < 4.78 is 0. The first-order valence-electron chi connectivity index (χ1n) is 16.6. The van der Waals surface area contributed by atoms with Gasteiger partial charge in [0.2, 0.25) is 0 Å². The van der Waals surface area contributed by atoms with Gasteiger partial charge in [-0.25, -0.2) is 0 Å². The molecular weight excluding hydrogens is 504 g/mol. The monoisotopic (exact) mass is 558 g/mol. The predicted molar refractivity (Wildman–Crippen MR) is 186 cm³/mol. The van der Waals surface area contributed by atoms with Crippen molar-refractivity contribution in [2.24, 2.45) is 11.8 Å². The Morgan fingerprint density at radius 2 is 1.17 bits per heavy atom. The molecule has 0 atom stereocenters. The maximum Gasteiger partial charge on any atom is -0.0162 e. The average Bonchev–Trinajstić information content (AvgIpc) is 3.03. The zero-order valence-corrected chi connectivity index (χ0v) is 27.0. The summed E-state index contributed by atoms with van der Waals surface area (Å²) in [5.41, 5.74) is 10.7. The highest BCUT2D eigenvalue weighted by molar-refractivity contribution is 5.74. The minimum absolute atomic E-state index is 0.775. The Labute approximate surface area is 257 Å². The Hall–Kier alpha value is -3.12. The van der Waals surface area contributed by atoms with E-state index in [-0.39, 0.29) is 0 Å². The van der Waals surface area contributed by atoms with Gasteiger partial charge in [-0.2, -0.15) is 0 Å². The number of allylic oxidation sites excluding steroid dienone is 5. The third-order valence-corrected chi connectivity index (χ3v) is 9.78. The summed E-state index contributed by atoms with van der Waals surface area (Å²) in [6.07, 6.45) is 18.8. The molecule has 0 heteroatoms. The Balaban J connectivity index is 0.000000193. The molecule has 0 bridgehead atoms. The van der Waals surface area contributed by atoms with E-state index in [1.54, 1.807) is 0 Å². The molecule has 42 heavy (non-hydrogen) atoms. The molecule has 0 radical (unpaired) electrons. The highest BCUT2D eigenvalue weighted by atomic mass is 14.3. The van der Waals surface area contributed by atoms with Crippen LogP contribution >= 0.6 is 0 Å². The van der Waals surface area contributed by atoms with Crippen molar-refractivity contribution in [3.8, 4) is 11.1 Å². The molecule has 3 aromatic carbocycles. The van der Waals surface area contributed by atoms with Gasteiger partial charge in [-0.3, -0.25) is 0 Å². The molecule has 2 fully saturated rings. The molecule has 5 rings (SSSR count). The van der Waals surface area contributed by atoms with Crippen molar-refractivity contribution in [1.29, 1.82) is 0 Å². The van der Waals surface area contributed by atoms with Crippen LogP contribution in [0.4, 0.5) is 0 Å². The van der Waals surface area contributed by atoms with Gasteiger partial charge in [-0.15, -0.1) is 0 Å². The molecule has 0 nitrogen and oxygen atoms in total. The van der Waals surface area contributed by atoms with E-state index in [2.05, 4.69) is 125 Å². The van der Waals surface area contributed by atoms with Crippen LogP contribution in [0, 0.1) is 18.8 Å². The standard InChI is InChI=1S/C22H30.C20H24/c1-5-18-8-11-21(12-9-18)22-15-13-20(14-16-22)19(6-2)10-7-17(3)4;1-15-3-7-17(8-4-15)19-11-13-20(14-12-19)18-9-5-16(2)6-10-18/h6-7,10,13-16,18,21H,3,5,8-9,11-12H2,1-2,4H3;3-4,7-8,11-14,16,18H,5-6,9-10H2,1-2H3/b10-7-,19-6+;. The minimum Gasteiger partial charge on any atom is -0.0961 e. The zero-order chi connectivity index (χ0) is 29.9. The molecule has 0 aromatic heterocycles. The van der Waals surface area contributed by atoms with E-state index in [9.17, 15) is 0 Å². The molecule has 2 saturated carbocycles. The summed E-state index contributed by atoms with van der Waals surface area (Å²) >= 11 is 0. The number of hydrogen-bond acceptors (Lipinski definition) is 0. The van der Waals surface area contributed by atoms with Crippen LogP contribution in [0.2, 0.25) is 0 Å². The lowest BCUT2D eigenvalue weighted by atomic mass is 9.77. The summed E-state index contributed by atoms with van der Waals surface area (Å²) in [6, 6.07) is 27.3. The van der Waals surface area contributed by atoms with E-state index < -0.39 is 0 Å². The maximum atomic E-state index is 3.93. The molecule has 0 spiro atoms. The summed E-state index contributed by atoms with van der Waals surface area (Å²) in [4.78, 5) is 0. The van der Waals surface area contributed by atoms with Crippen molar-refractivity contribution < 1.29 is 0 Å². The lowest BCUT2D eigenvalue weighted by Gasteiger charge is -2.28. The van der Waals surface area contributed by atoms with Crippen LogP contribution in [-0.2, 0) is 0 Å². The summed E-state index contributed by atoms with van der Waals surface area (Å²) in [5, 5.41) is 0. The maximum absolute atomic E-state index is 3.93. The zero-order valence-electron chi connectivity index (χ0n) is 27.0. The molecule has 0 heterocycles. The smallest absolute Gasteiger partial charge is 0.0162 e. The minimum atomic E-state index is 0.775. The van der Waals surface area contributed by atoms with Crippen molar-refractivity contribution in [2.45, 2.75) is 104 Å². The van der Waals surface area contributed by atoms with E-state index in [1.165, 1.54) is 96.7 Å². The van der Waals surface area contributed by atoms with E-state index in [1.807, 2.05) is 6.92 Å². The third-order valence-electron chi connectivity index (χ3n) is 9.78. The Morgan fingerprint density at radius 1 is 0.690 bits per heavy atom. The fourth-order valence-electron chi connectivity index (χ4n) is 6.73. The van der Waals surface area contributed by atoms with Crippen LogP contribution in [0.5, 0.6) is 0 Å². The van der Waals surface area contributed by atoms with E-state index >= 15 is 0 Å². The van der Waals surface area contributed by atoms with Gasteiger partial charge in [0.05, 0.1) is 0 Å². The van der Waals surface area contributed by atoms with Crippen molar-refractivity contribution in [3.63, 3.8) is 0 Å². The first-order valence-corrected chi connectivity index (χ1v) is 16.6. The molecule has 2 aliphatic carbocycles. The SMILES string of the molecule is C=C(C)/C=C\C(=C/C)c1ccc(C2CCC(CC)CC2)cc1.Cc1ccc(-c2ccc(C3CCC(C)CC3)cc2)cc1. The van der Waals surface area contributed by atoms with Crippen molar-refractivity contribution in [3.05, 3.63) is 125 Å². The number of hydrogen-bond donors (Lipinski definition) is 0. The van der Waals surface area contributed by atoms with Crippen LogP contribution in [0.15, 0.2) is 103 Å². The fraction of sp³-hybridized carbons (Fsp3) is 0.429. The van der Waals surface area contributed by atoms with Crippen molar-refractivity contribution >= 4 is 5.57 Å². The van der Waals surface area contributed by atoms with E-state index in [0.29, 0.717) is 0 Å². The molecule has 222 valence electrons. The van der Waals surface area contributed by atoms with Gasteiger partial charge >= 0.3 is 0 Å². The summed E-state index contributed by atoms with van der Waals surface area (Å²) in [6.45, 7) is 14.9. The molecule has 0 aliphatic heterocycles. The molecule has 3 aromatic rings. The van der Waals surface area contributed by atoms with Crippen LogP contribution in [-0.4, -0.2) is 0 Å². The molecule has 0 unspecified atom stereocenters. The van der Waals surface area contributed by atoms with Crippen LogP contribution < -0.4 is 0 Å². The summed E-state index contributed by atoms with van der Waals surface area (Å²) in [7, 11) is 0. The summed E-state index contributed by atoms with van der Waals surface area (Å²) in [5.74, 6) is 3.46. The first-order chi connectivity index (χ1) is 20.4. The van der Waals surface area contributed by atoms with Gasteiger partial charge in [0.15, 0.2) is 0 Å². The normalized spacial score (nSPS) is 22.8. The Morgan fingerprint density at radius 3 is 1.64 bits per heavy atom. The highest BCUT2D eigenvalue weighted by Gasteiger charge is 2.21. The van der Waals surface area contributed by atoms with Crippen LogP contribution in [0.3, 0.4) is 0 Å². The third kappa shape index (κ3) is 9.19. The molecule has 2 aliphatic rings. The number of rotatable bonds is 7. The average molecular weight is 559 g/mol. The quantitative estimate of drug-likeness (QED) is 0.253. The van der Waals surface area contributed by atoms with Crippen molar-refractivity contribution in [1.82, 2.24) is 0 Å². The molecular formula is C42H54.